The summed E-state index contributed by atoms with van der Waals surface area (Å²) in [7, 11) is 0. The molecule has 1 unspecified atom stereocenters. The summed E-state index contributed by atoms with van der Waals surface area (Å²) in [6, 6.07) is -0.0186. The lowest BCUT2D eigenvalue weighted by molar-refractivity contribution is 0.667. The fourth-order valence-corrected chi connectivity index (χ4v) is 0.970. The summed E-state index contributed by atoms with van der Waals surface area (Å²) in [6.45, 7) is 6.06. The van der Waals surface area contributed by atoms with E-state index < -0.39 is 0 Å². The van der Waals surface area contributed by atoms with Crippen LogP contribution in [0.25, 0.3) is 0 Å². The molecule has 3 heteroatoms. The van der Waals surface area contributed by atoms with E-state index in [1.807, 2.05) is 0 Å². The van der Waals surface area contributed by atoms with Gasteiger partial charge in [0.1, 0.15) is 0 Å². The first-order chi connectivity index (χ1) is 7.72. The summed E-state index contributed by atoms with van der Waals surface area (Å²) in [4.78, 5) is 0. The van der Waals surface area contributed by atoms with Crippen LogP contribution >= 0.6 is 12.4 Å². The van der Waals surface area contributed by atoms with Crippen molar-refractivity contribution < 1.29 is 0 Å². The molecule has 100 valence electrons. The second-order valence-electron chi connectivity index (χ2n) is 3.65. The maximum Gasteiger partial charge on any atom is 0.0661 e. The highest BCUT2D eigenvalue weighted by Gasteiger charge is 1.92. The third kappa shape index (κ3) is 25.5. The average molecular weight is 259 g/mol. The lowest BCUT2D eigenvalue weighted by Crippen LogP contribution is -2.16. The van der Waals surface area contributed by atoms with Gasteiger partial charge in [-0.2, -0.15) is 0 Å². The molecule has 17 heavy (non-hydrogen) atoms. The van der Waals surface area contributed by atoms with E-state index in [1.54, 1.807) is 0 Å². The number of hydrogen-bond acceptors (Lipinski definition) is 2. The lowest BCUT2D eigenvalue weighted by atomic mass is 10.1. The summed E-state index contributed by atoms with van der Waals surface area (Å²) < 4.78 is 0. The van der Waals surface area contributed by atoms with Gasteiger partial charge in [-0.05, 0) is 19.4 Å². The Morgan fingerprint density at radius 2 is 1.76 bits per heavy atom. The van der Waals surface area contributed by atoms with Gasteiger partial charge in [-0.25, -0.2) is 0 Å². The first-order valence-corrected chi connectivity index (χ1v) is 6.08. The van der Waals surface area contributed by atoms with Crippen LogP contribution in [-0.2, 0) is 0 Å². The summed E-state index contributed by atoms with van der Waals surface area (Å²) in [5.74, 6) is 4.99. The molecule has 0 aliphatic carbocycles. The van der Waals surface area contributed by atoms with Crippen LogP contribution in [0.5, 0.6) is 0 Å². The van der Waals surface area contributed by atoms with Gasteiger partial charge in [0, 0.05) is 0 Å². The molecule has 0 amide bonds. The number of terminal acetylenes is 2. The Bertz CT molecular complexity index is 203. The molecule has 0 radical (unpaired) electrons. The fourth-order valence-electron chi connectivity index (χ4n) is 0.970. The van der Waals surface area contributed by atoms with Crippen molar-refractivity contribution in [2.45, 2.75) is 52.0 Å². The highest BCUT2D eigenvalue weighted by molar-refractivity contribution is 5.85. The van der Waals surface area contributed by atoms with Crippen molar-refractivity contribution in [1.29, 1.82) is 0 Å². The largest absolute Gasteiger partial charge is 0.318 e. The second-order valence-corrected chi connectivity index (χ2v) is 3.65. The van der Waals surface area contributed by atoms with Crippen LogP contribution in [0.15, 0.2) is 0 Å². The number of unbranched alkanes of at least 4 members (excludes halogenated alkanes) is 2. The third-order valence-corrected chi connectivity index (χ3v) is 2.02. The molecule has 0 bridgehead atoms. The second kappa shape index (κ2) is 20.7. The van der Waals surface area contributed by atoms with E-state index in [-0.39, 0.29) is 18.4 Å². The molecule has 0 spiro atoms. The molecule has 0 aromatic heterocycles. The molecule has 3 N–H and O–H groups in total. The van der Waals surface area contributed by atoms with Crippen LogP contribution in [0.3, 0.4) is 0 Å². The van der Waals surface area contributed by atoms with Crippen molar-refractivity contribution in [3.8, 4) is 24.7 Å². The summed E-state index contributed by atoms with van der Waals surface area (Å²) in [5, 5.41) is 3.10. The molecular formula is C14H27ClN2. The summed E-state index contributed by atoms with van der Waals surface area (Å²) in [6.07, 6.45) is 15.8. The number of hydrogen-bond donors (Lipinski definition) is 2. The zero-order valence-electron chi connectivity index (χ0n) is 11.2. The summed E-state index contributed by atoms with van der Waals surface area (Å²) >= 11 is 0. The molecule has 0 aliphatic rings. The van der Waals surface area contributed by atoms with Gasteiger partial charge in [-0.15, -0.1) is 25.3 Å². The molecule has 0 saturated heterocycles. The monoisotopic (exact) mass is 258 g/mol. The number of rotatable bonds is 7. The number of nitrogens with one attached hydrogen (secondary N) is 1. The highest BCUT2D eigenvalue weighted by Crippen LogP contribution is 1.95. The molecule has 0 rings (SSSR count). The Morgan fingerprint density at radius 3 is 2.18 bits per heavy atom. The van der Waals surface area contributed by atoms with Crippen molar-refractivity contribution in [2.24, 2.45) is 5.73 Å². The van der Waals surface area contributed by atoms with Gasteiger partial charge < -0.3 is 11.1 Å². The van der Waals surface area contributed by atoms with Gasteiger partial charge >= 0.3 is 0 Å². The standard InChI is InChI=1S/2C7H13N.ClH/c1-3-5-6-7(8)4-2;1-3-5-7-8-6-4-2;/h2,7H,3,5-6,8H2,1H3;2,8H,3,5-7H2,1H3;1H. The SMILES string of the molecule is C#CC(N)CCCC.C#CCNCCCC.Cl. The quantitative estimate of drug-likeness (QED) is 0.544. The van der Waals surface area contributed by atoms with E-state index in [0.717, 1.165) is 19.4 Å². The van der Waals surface area contributed by atoms with Crippen molar-refractivity contribution in [3.05, 3.63) is 0 Å². The minimum Gasteiger partial charge on any atom is -0.318 e. The number of nitrogens with two attached hydrogens (primary N) is 1. The Labute approximate surface area is 114 Å². The van der Waals surface area contributed by atoms with Crippen LogP contribution in [0.2, 0.25) is 0 Å². The zero-order valence-corrected chi connectivity index (χ0v) is 12.0. The smallest absolute Gasteiger partial charge is 0.0661 e. The molecule has 1 atom stereocenters. The predicted molar refractivity (Wildman–Crippen MR) is 80.2 cm³/mol. The van der Waals surface area contributed by atoms with Crippen molar-refractivity contribution in [3.63, 3.8) is 0 Å². The normalized spacial score (nSPS) is 9.94. The van der Waals surface area contributed by atoms with Crippen LogP contribution in [0.4, 0.5) is 0 Å². The molecule has 0 heterocycles. The van der Waals surface area contributed by atoms with Gasteiger partial charge in [0.25, 0.3) is 0 Å². The molecule has 0 aromatic carbocycles. The van der Waals surface area contributed by atoms with Crippen molar-refractivity contribution in [2.75, 3.05) is 13.1 Å². The molecule has 0 aromatic rings. The topological polar surface area (TPSA) is 38.0 Å². The fraction of sp³-hybridized carbons (Fsp3) is 0.714. The van der Waals surface area contributed by atoms with Crippen LogP contribution in [0, 0.1) is 24.7 Å². The first-order valence-electron chi connectivity index (χ1n) is 6.08. The minimum absolute atomic E-state index is 0. The van der Waals surface area contributed by atoms with E-state index >= 15 is 0 Å². The molecular weight excluding hydrogens is 232 g/mol. The Balaban J connectivity index is -0.000000218. The van der Waals surface area contributed by atoms with E-state index in [2.05, 4.69) is 31.0 Å². The van der Waals surface area contributed by atoms with Gasteiger partial charge in [-0.1, -0.05) is 45.0 Å². The van der Waals surface area contributed by atoms with E-state index in [1.165, 1.54) is 19.3 Å². The number of halogens is 1. The van der Waals surface area contributed by atoms with Crippen LogP contribution in [-0.4, -0.2) is 19.1 Å². The van der Waals surface area contributed by atoms with Crippen molar-refractivity contribution in [1.82, 2.24) is 5.32 Å². The van der Waals surface area contributed by atoms with Gasteiger partial charge in [0.05, 0.1) is 12.6 Å². The van der Waals surface area contributed by atoms with Gasteiger partial charge in [-0.3, -0.25) is 0 Å². The van der Waals surface area contributed by atoms with E-state index in [9.17, 15) is 0 Å². The average Bonchev–Trinajstić information content (AvgIpc) is 2.32. The molecule has 0 aliphatic heterocycles. The predicted octanol–water partition coefficient (Wildman–Crippen LogP) is 2.57. The Kier molecular flexibility index (Phi) is 26.3. The molecule has 0 saturated carbocycles. The van der Waals surface area contributed by atoms with Crippen LogP contribution < -0.4 is 11.1 Å². The van der Waals surface area contributed by atoms with Crippen molar-refractivity contribution >= 4 is 12.4 Å². The minimum atomic E-state index is -0.0186. The Morgan fingerprint density at radius 1 is 1.18 bits per heavy atom. The zero-order chi connectivity index (χ0) is 12.6. The van der Waals surface area contributed by atoms with Gasteiger partial charge in [0.2, 0.25) is 0 Å². The molecule has 2 nitrogen and oxygen atoms in total. The maximum atomic E-state index is 5.42. The van der Waals surface area contributed by atoms with Gasteiger partial charge in [0.15, 0.2) is 0 Å². The summed E-state index contributed by atoms with van der Waals surface area (Å²) in [5.41, 5.74) is 5.42. The molecule has 0 fully saturated rings. The Hall–Kier alpha value is -0.670. The van der Waals surface area contributed by atoms with Crippen LogP contribution in [0.1, 0.15) is 46.0 Å². The highest BCUT2D eigenvalue weighted by atomic mass is 35.5. The lowest BCUT2D eigenvalue weighted by Gasteiger charge is -1.99. The third-order valence-electron chi connectivity index (χ3n) is 2.02. The van der Waals surface area contributed by atoms with E-state index in [4.69, 9.17) is 18.6 Å². The maximum absolute atomic E-state index is 5.42. The first kappa shape index (κ1) is 21.6. The van der Waals surface area contributed by atoms with E-state index in [0.29, 0.717) is 6.54 Å².